The third kappa shape index (κ3) is 3.79. The topological polar surface area (TPSA) is 61.4 Å². The maximum atomic E-state index is 14.0. The van der Waals surface area contributed by atoms with Gasteiger partial charge in [0.25, 0.3) is 0 Å². The quantitative estimate of drug-likeness (QED) is 0.753. The number of hydrogen-bond acceptors (Lipinski definition) is 2. The van der Waals surface area contributed by atoms with E-state index < -0.39 is 29.1 Å². The molecule has 0 radical (unpaired) electrons. The van der Waals surface area contributed by atoms with E-state index in [0.29, 0.717) is 12.8 Å². The molecule has 0 bridgehead atoms. The van der Waals surface area contributed by atoms with Crippen LogP contribution in [0.25, 0.3) is 0 Å². The molecule has 0 saturated heterocycles. The van der Waals surface area contributed by atoms with Crippen LogP contribution in [0.15, 0.2) is 48.5 Å². The Kier molecular flexibility index (Phi) is 4.99. The van der Waals surface area contributed by atoms with Crippen molar-refractivity contribution in [1.29, 1.82) is 0 Å². The van der Waals surface area contributed by atoms with Gasteiger partial charge in [0.15, 0.2) is 0 Å². The van der Waals surface area contributed by atoms with Crippen molar-refractivity contribution in [1.82, 2.24) is 10.6 Å². The molecular formula is C19H20F2N2O2. The molecule has 2 amide bonds. The Morgan fingerprint density at radius 1 is 1.08 bits per heavy atom. The van der Waals surface area contributed by atoms with Crippen molar-refractivity contribution < 1.29 is 18.7 Å². The zero-order valence-corrected chi connectivity index (χ0v) is 13.6. The van der Waals surface area contributed by atoms with Crippen LogP contribution in [0.5, 0.6) is 0 Å². The van der Waals surface area contributed by atoms with Gasteiger partial charge in [-0.2, -0.15) is 0 Å². The van der Waals surface area contributed by atoms with Gasteiger partial charge < -0.3 is 15.7 Å². The first-order valence-corrected chi connectivity index (χ1v) is 8.20. The van der Waals surface area contributed by atoms with Crippen molar-refractivity contribution in [2.24, 2.45) is 0 Å². The number of nitrogens with one attached hydrogen (secondary N) is 2. The first-order valence-electron chi connectivity index (χ1n) is 8.20. The zero-order valence-electron chi connectivity index (χ0n) is 13.6. The summed E-state index contributed by atoms with van der Waals surface area (Å²) in [5, 5.41) is 14.8. The molecule has 1 unspecified atom stereocenters. The summed E-state index contributed by atoms with van der Waals surface area (Å²) >= 11 is 0. The van der Waals surface area contributed by atoms with Crippen molar-refractivity contribution in [3.8, 4) is 0 Å². The normalized spacial score (nSPS) is 16.1. The van der Waals surface area contributed by atoms with Gasteiger partial charge in [0.05, 0.1) is 12.6 Å². The molecule has 2 aromatic carbocycles. The van der Waals surface area contributed by atoms with Gasteiger partial charge >= 0.3 is 6.03 Å². The SMILES string of the molecule is O=C(NCC1(c2c(F)cccc2F)CC1)NC(CO)c1ccccc1. The van der Waals surface area contributed by atoms with Crippen LogP contribution in [0.3, 0.4) is 0 Å². The summed E-state index contributed by atoms with van der Waals surface area (Å²) in [6.45, 7) is -0.103. The maximum Gasteiger partial charge on any atom is 0.315 e. The molecular weight excluding hydrogens is 326 g/mol. The van der Waals surface area contributed by atoms with Crippen LogP contribution in [0, 0.1) is 11.6 Å². The Morgan fingerprint density at radius 2 is 1.72 bits per heavy atom. The summed E-state index contributed by atoms with van der Waals surface area (Å²) in [5.41, 5.74) is 0.132. The first-order chi connectivity index (χ1) is 12.1. The number of amides is 2. The Balaban J connectivity index is 1.62. The second-order valence-electron chi connectivity index (χ2n) is 6.35. The zero-order chi connectivity index (χ0) is 17.9. The van der Waals surface area contributed by atoms with E-state index in [1.807, 2.05) is 18.2 Å². The van der Waals surface area contributed by atoms with E-state index in [0.717, 1.165) is 5.56 Å². The summed E-state index contributed by atoms with van der Waals surface area (Å²) in [6.07, 6.45) is 1.24. The highest BCUT2D eigenvalue weighted by Gasteiger charge is 2.48. The number of aliphatic hydroxyl groups excluding tert-OH is 1. The van der Waals surface area contributed by atoms with Crippen LogP contribution in [-0.2, 0) is 5.41 Å². The largest absolute Gasteiger partial charge is 0.394 e. The van der Waals surface area contributed by atoms with Gasteiger partial charge in [-0.05, 0) is 30.5 Å². The molecule has 4 nitrogen and oxygen atoms in total. The van der Waals surface area contributed by atoms with E-state index in [1.165, 1.54) is 18.2 Å². The van der Waals surface area contributed by atoms with Crippen molar-refractivity contribution in [2.75, 3.05) is 13.2 Å². The number of urea groups is 1. The molecule has 2 aromatic rings. The number of aliphatic hydroxyl groups is 1. The van der Waals surface area contributed by atoms with Crippen molar-refractivity contribution in [2.45, 2.75) is 24.3 Å². The molecule has 0 spiro atoms. The molecule has 6 heteroatoms. The van der Waals surface area contributed by atoms with Crippen molar-refractivity contribution in [3.05, 3.63) is 71.3 Å². The van der Waals surface area contributed by atoms with Gasteiger partial charge in [-0.3, -0.25) is 0 Å². The number of halogens is 2. The van der Waals surface area contributed by atoms with E-state index >= 15 is 0 Å². The lowest BCUT2D eigenvalue weighted by atomic mass is 9.94. The lowest BCUT2D eigenvalue weighted by Gasteiger charge is -2.21. The molecule has 25 heavy (non-hydrogen) atoms. The van der Waals surface area contributed by atoms with Gasteiger partial charge in [0, 0.05) is 17.5 Å². The predicted molar refractivity (Wildman–Crippen MR) is 90.1 cm³/mol. The van der Waals surface area contributed by atoms with Gasteiger partial charge in [-0.25, -0.2) is 13.6 Å². The standard InChI is InChI=1S/C19H20F2N2O2/c20-14-7-4-8-15(21)17(14)19(9-10-19)12-22-18(25)23-16(11-24)13-5-2-1-3-6-13/h1-8,16,24H,9-12H2,(H2,22,23,25). The molecule has 1 aliphatic rings. The molecule has 132 valence electrons. The van der Waals surface area contributed by atoms with Crippen molar-refractivity contribution in [3.63, 3.8) is 0 Å². The smallest absolute Gasteiger partial charge is 0.315 e. The molecule has 1 atom stereocenters. The van der Waals surface area contributed by atoms with Crippen LogP contribution in [0.1, 0.15) is 30.0 Å². The van der Waals surface area contributed by atoms with Gasteiger partial charge in [-0.1, -0.05) is 36.4 Å². The first kappa shape index (κ1) is 17.4. The van der Waals surface area contributed by atoms with E-state index in [1.54, 1.807) is 12.1 Å². The molecule has 0 aliphatic heterocycles. The predicted octanol–water partition coefficient (Wildman–Crippen LogP) is 3.03. The number of benzene rings is 2. The number of hydrogen-bond donors (Lipinski definition) is 3. The average Bonchev–Trinajstić information content (AvgIpc) is 3.39. The van der Waals surface area contributed by atoms with Crippen LogP contribution >= 0.6 is 0 Å². The fraction of sp³-hybridized carbons (Fsp3) is 0.316. The lowest BCUT2D eigenvalue weighted by Crippen LogP contribution is -2.42. The highest BCUT2D eigenvalue weighted by Crippen LogP contribution is 2.49. The molecule has 0 aromatic heterocycles. The van der Waals surface area contributed by atoms with Crippen LogP contribution in [0.2, 0.25) is 0 Å². The Hall–Kier alpha value is -2.47. The summed E-state index contributed by atoms with van der Waals surface area (Å²) < 4.78 is 28.0. The minimum atomic E-state index is -0.686. The molecule has 3 N–H and O–H groups in total. The van der Waals surface area contributed by atoms with E-state index in [4.69, 9.17) is 0 Å². The van der Waals surface area contributed by atoms with Crippen molar-refractivity contribution >= 4 is 6.03 Å². The van der Waals surface area contributed by atoms with Crippen LogP contribution < -0.4 is 10.6 Å². The molecule has 1 saturated carbocycles. The van der Waals surface area contributed by atoms with Gasteiger partial charge in [0.1, 0.15) is 11.6 Å². The molecule has 0 heterocycles. The summed E-state index contributed by atoms with van der Waals surface area (Å²) in [6, 6.07) is 11.9. The van der Waals surface area contributed by atoms with Crippen LogP contribution in [0.4, 0.5) is 13.6 Å². The average molecular weight is 346 g/mol. The summed E-state index contributed by atoms with van der Waals surface area (Å²) in [5.74, 6) is -1.17. The fourth-order valence-corrected chi connectivity index (χ4v) is 3.05. The monoisotopic (exact) mass is 346 g/mol. The van der Waals surface area contributed by atoms with E-state index in [2.05, 4.69) is 10.6 Å². The molecule has 1 fully saturated rings. The lowest BCUT2D eigenvalue weighted by molar-refractivity contribution is 0.216. The van der Waals surface area contributed by atoms with E-state index in [-0.39, 0.29) is 18.7 Å². The fourth-order valence-electron chi connectivity index (χ4n) is 3.05. The Morgan fingerprint density at radius 3 is 2.28 bits per heavy atom. The third-order valence-electron chi connectivity index (χ3n) is 4.62. The van der Waals surface area contributed by atoms with Gasteiger partial charge in [0.2, 0.25) is 0 Å². The van der Waals surface area contributed by atoms with Gasteiger partial charge in [-0.15, -0.1) is 0 Å². The number of carbonyl (C=O) groups excluding carboxylic acids is 1. The minimum absolute atomic E-state index is 0.0390. The highest BCUT2D eigenvalue weighted by molar-refractivity contribution is 5.74. The second-order valence-corrected chi connectivity index (χ2v) is 6.35. The summed E-state index contributed by atoms with van der Waals surface area (Å²) in [4.78, 5) is 12.1. The summed E-state index contributed by atoms with van der Waals surface area (Å²) in [7, 11) is 0. The van der Waals surface area contributed by atoms with E-state index in [9.17, 15) is 18.7 Å². The highest BCUT2D eigenvalue weighted by atomic mass is 19.1. The van der Waals surface area contributed by atoms with Crippen LogP contribution in [-0.4, -0.2) is 24.3 Å². The molecule has 3 rings (SSSR count). The Bertz CT molecular complexity index is 728. The number of rotatable bonds is 6. The number of carbonyl (C=O) groups is 1. The Labute approximate surface area is 144 Å². The maximum absolute atomic E-state index is 14.0. The molecule has 1 aliphatic carbocycles. The minimum Gasteiger partial charge on any atom is -0.394 e. The second kappa shape index (κ2) is 7.19. The third-order valence-corrected chi connectivity index (χ3v) is 4.62.